The number of nitrogens with zero attached hydrogens (tertiary/aromatic N) is 5. The van der Waals surface area contributed by atoms with Crippen LogP contribution in [0.1, 0.15) is 16.7 Å². The fourth-order valence-electron chi connectivity index (χ4n) is 5.20. The zero-order valence-corrected chi connectivity index (χ0v) is 25.9. The van der Waals surface area contributed by atoms with Crippen LogP contribution in [0.25, 0.3) is 0 Å². The van der Waals surface area contributed by atoms with E-state index in [2.05, 4.69) is 109 Å². The fourth-order valence-corrected chi connectivity index (χ4v) is 5.20. The lowest BCUT2D eigenvalue weighted by Crippen LogP contribution is -2.22. The summed E-state index contributed by atoms with van der Waals surface area (Å²) in [5.74, 6) is 0. The first-order valence-electron chi connectivity index (χ1n) is 15.7. The van der Waals surface area contributed by atoms with E-state index in [1.165, 1.54) is 5.56 Å². The zero-order chi connectivity index (χ0) is 31.1. The molecule has 2 heterocycles. The smallest absolute Gasteiger partial charge is 0.101 e. The summed E-state index contributed by atoms with van der Waals surface area (Å²) >= 11 is 0. The molecule has 2 atom stereocenters. The summed E-state index contributed by atoms with van der Waals surface area (Å²) in [6.07, 6.45) is 4.30. The van der Waals surface area contributed by atoms with E-state index in [0.29, 0.717) is 0 Å². The third-order valence-electron chi connectivity index (χ3n) is 7.95. The number of epoxide rings is 2. The SMILES string of the molecule is Cc1ccc(N(c2ccc(/C=N/N(CC3CO3)c3ccccc3)cc2)c2ccc(/C=N/N(CC3CO3)c3ccccc3)cc2)cc1. The predicted molar refractivity (Wildman–Crippen MR) is 188 cm³/mol. The quantitative estimate of drug-likeness (QED) is 0.0773. The molecule has 5 aromatic rings. The van der Waals surface area contributed by atoms with E-state index in [1.54, 1.807) is 0 Å². The van der Waals surface area contributed by atoms with Gasteiger partial charge in [-0.3, -0.25) is 10.0 Å². The van der Waals surface area contributed by atoms with E-state index < -0.39 is 0 Å². The molecule has 7 nitrogen and oxygen atoms in total. The summed E-state index contributed by atoms with van der Waals surface area (Å²) in [4.78, 5) is 2.27. The lowest BCUT2D eigenvalue weighted by molar-refractivity contribution is 0.408. The minimum Gasteiger partial charge on any atom is -0.371 e. The number of para-hydroxylation sites is 2. The summed E-state index contributed by atoms with van der Waals surface area (Å²) in [5.41, 5.74) is 8.59. The molecule has 7 heteroatoms. The van der Waals surface area contributed by atoms with Crippen LogP contribution in [0.2, 0.25) is 0 Å². The highest BCUT2D eigenvalue weighted by molar-refractivity contribution is 5.85. The molecule has 0 saturated carbocycles. The first-order valence-corrected chi connectivity index (χ1v) is 15.7. The summed E-state index contributed by atoms with van der Waals surface area (Å²) in [6, 6.07) is 46.1. The van der Waals surface area contributed by atoms with Crippen molar-refractivity contribution in [3.63, 3.8) is 0 Å². The minimum absolute atomic E-state index is 0.237. The van der Waals surface area contributed by atoms with Crippen molar-refractivity contribution < 1.29 is 9.47 Å². The third kappa shape index (κ3) is 7.69. The van der Waals surface area contributed by atoms with Crippen molar-refractivity contribution in [3.05, 3.63) is 150 Å². The molecule has 0 N–H and O–H groups in total. The summed E-state index contributed by atoms with van der Waals surface area (Å²) in [5, 5.41) is 13.6. The Labute approximate surface area is 270 Å². The van der Waals surface area contributed by atoms with Gasteiger partial charge in [0, 0.05) is 17.1 Å². The normalized spacial score (nSPS) is 16.9. The van der Waals surface area contributed by atoms with Crippen molar-refractivity contribution in [2.24, 2.45) is 10.2 Å². The molecule has 0 aliphatic carbocycles. The van der Waals surface area contributed by atoms with Gasteiger partial charge in [0.1, 0.15) is 12.2 Å². The van der Waals surface area contributed by atoms with Crippen molar-refractivity contribution in [2.75, 3.05) is 41.2 Å². The average Bonchev–Trinajstić information content (AvgIpc) is 4.05. The number of hydrogen-bond acceptors (Lipinski definition) is 7. The van der Waals surface area contributed by atoms with Crippen LogP contribution in [0.5, 0.6) is 0 Å². The molecule has 2 saturated heterocycles. The molecule has 46 heavy (non-hydrogen) atoms. The highest BCUT2D eigenvalue weighted by Gasteiger charge is 2.26. The maximum absolute atomic E-state index is 5.48. The molecule has 2 unspecified atom stereocenters. The van der Waals surface area contributed by atoms with E-state index >= 15 is 0 Å². The lowest BCUT2D eigenvalue weighted by Gasteiger charge is -2.26. The van der Waals surface area contributed by atoms with Crippen LogP contribution in [0, 0.1) is 6.92 Å². The summed E-state index contributed by atoms with van der Waals surface area (Å²) in [7, 11) is 0. The van der Waals surface area contributed by atoms with Gasteiger partial charge in [-0.1, -0.05) is 78.4 Å². The second kappa shape index (κ2) is 13.8. The molecule has 230 valence electrons. The monoisotopic (exact) mass is 607 g/mol. The topological polar surface area (TPSA) is 59.5 Å². The van der Waals surface area contributed by atoms with Crippen molar-refractivity contribution in [1.29, 1.82) is 0 Å². The molecular weight excluding hydrogens is 570 g/mol. The van der Waals surface area contributed by atoms with Crippen LogP contribution in [-0.4, -0.2) is 50.9 Å². The van der Waals surface area contributed by atoms with Gasteiger partial charge in [0.2, 0.25) is 0 Å². The Balaban J connectivity index is 1.11. The van der Waals surface area contributed by atoms with Gasteiger partial charge in [0.15, 0.2) is 0 Å². The minimum atomic E-state index is 0.237. The second-order valence-electron chi connectivity index (χ2n) is 11.6. The van der Waals surface area contributed by atoms with Crippen LogP contribution < -0.4 is 14.9 Å². The number of ether oxygens (including phenoxy) is 2. The number of rotatable bonds is 13. The summed E-state index contributed by atoms with van der Waals surface area (Å²) in [6.45, 7) is 5.16. The van der Waals surface area contributed by atoms with Crippen molar-refractivity contribution in [2.45, 2.75) is 19.1 Å². The van der Waals surface area contributed by atoms with Gasteiger partial charge in [-0.15, -0.1) is 0 Å². The molecule has 0 aromatic heterocycles. The van der Waals surface area contributed by atoms with Crippen molar-refractivity contribution in [3.8, 4) is 0 Å². The molecule has 2 fully saturated rings. The molecule has 2 aliphatic heterocycles. The maximum Gasteiger partial charge on any atom is 0.101 e. The molecule has 0 radical (unpaired) electrons. The van der Waals surface area contributed by atoms with Crippen LogP contribution in [0.4, 0.5) is 28.4 Å². The number of hydrogen-bond donors (Lipinski definition) is 0. The molecule has 0 amide bonds. The standard InChI is InChI=1S/C39H37N5O2/c1-30-12-18-35(19-13-30)44(36-20-14-31(15-21-36)24-40-42(26-38-28-45-38)33-8-4-2-5-9-33)37-22-16-32(17-23-37)25-41-43(27-39-29-46-39)34-10-6-3-7-11-34/h2-25,38-39H,26-29H2,1H3/b40-24+,41-25+. The molecular formula is C39H37N5O2. The number of aryl methyl sites for hydroxylation is 1. The highest BCUT2D eigenvalue weighted by Crippen LogP contribution is 2.35. The molecule has 2 aliphatic rings. The maximum atomic E-state index is 5.48. The van der Waals surface area contributed by atoms with E-state index in [4.69, 9.17) is 19.7 Å². The Morgan fingerprint density at radius 2 is 0.891 bits per heavy atom. The summed E-state index contributed by atoms with van der Waals surface area (Å²) < 4.78 is 11.0. The second-order valence-corrected chi connectivity index (χ2v) is 11.6. The Morgan fingerprint density at radius 3 is 1.26 bits per heavy atom. The van der Waals surface area contributed by atoms with Gasteiger partial charge in [-0.2, -0.15) is 10.2 Å². The number of anilines is 5. The first-order chi connectivity index (χ1) is 22.7. The van der Waals surface area contributed by atoms with Crippen LogP contribution in [0.3, 0.4) is 0 Å². The van der Waals surface area contributed by atoms with Crippen molar-refractivity contribution in [1.82, 2.24) is 0 Å². The van der Waals surface area contributed by atoms with Gasteiger partial charge in [-0.25, -0.2) is 0 Å². The van der Waals surface area contributed by atoms with Crippen LogP contribution in [-0.2, 0) is 9.47 Å². The van der Waals surface area contributed by atoms with E-state index in [9.17, 15) is 0 Å². The number of benzene rings is 5. The Bertz CT molecular complexity index is 1640. The van der Waals surface area contributed by atoms with E-state index in [0.717, 1.165) is 65.9 Å². The Hall–Kier alpha value is -5.24. The molecule has 0 spiro atoms. The zero-order valence-electron chi connectivity index (χ0n) is 25.9. The van der Waals surface area contributed by atoms with Gasteiger partial charge in [0.05, 0.1) is 50.1 Å². The van der Waals surface area contributed by atoms with Crippen LogP contribution >= 0.6 is 0 Å². The van der Waals surface area contributed by atoms with E-state index in [-0.39, 0.29) is 12.2 Å². The fraction of sp³-hybridized carbons (Fsp3) is 0.179. The first kappa shape index (κ1) is 29.5. The van der Waals surface area contributed by atoms with Gasteiger partial charge < -0.3 is 14.4 Å². The highest BCUT2D eigenvalue weighted by atomic mass is 16.6. The molecule has 0 bridgehead atoms. The van der Waals surface area contributed by atoms with Gasteiger partial charge in [0.25, 0.3) is 0 Å². The molecule has 7 rings (SSSR count). The Kier molecular flexibility index (Phi) is 8.85. The van der Waals surface area contributed by atoms with Gasteiger partial charge in [-0.05, 0) is 78.7 Å². The van der Waals surface area contributed by atoms with Crippen molar-refractivity contribution >= 4 is 40.9 Å². The number of hydrazone groups is 2. The average molecular weight is 608 g/mol. The predicted octanol–water partition coefficient (Wildman–Crippen LogP) is 7.94. The molecule has 5 aromatic carbocycles. The lowest BCUT2D eigenvalue weighted by atomic mass is 10.1. The largest absolute Gasteiger partial charge is 0.371 e. The van der Waals surface area contributed by atoms with Gasteiger partial charge >= 0.3 is 0 Å². The Morgan fingerprint density at radius 1 is 0.522 bits per heavy atom. The van der Waals surface area contributed by atoms with E-state index in [1.807, 2.05) is 58.8 Å². The third-order valence-corrected chi connectivity index (χ3v) is 7.95. The van der Waals surface area contributed by atoms with Crippen LogP contribution in [0.15, 0.2) is 144 Å².